The Balaban J connectivity index is 1.65. The number of hydrogen-bond donors (Lipinski definition) is 0. The lowest BCUT2D eigenvalue weighted by Gasteiger charge is -2.27. The predicted octanol–water partition coefficient (Wildman–Crippen LogP) is 3.24. The van der Waals surface area contributed by atoms with Crippen molar-refractivity contribution in [3.63, 3.8) is 0 Å². The average Bonchev–Trinajstić information content (AvgIpc) is 2.90. The molecule has 0 aromatic rings. The van der Waals surface area contributed by atoms with Crippen molar-refractivity contribution < 1.29 is 18.9 Å². The third-order valence-electron chi connectivity index (χ3n) is 3.94. The van der Waals surface area contributed by atoms with Crippen molar-refractivity contribution in [2.45, 2.75) is 75.0 Å². The van der Waals surface area contributed by atoms with Gasteiger partial charge in [-0.15, -0.1) is 23.5 Å². The van der Waals surface area contributed by atoms with Gasteiger partial charge in [-0.2, -0.15) is 0 Å². The molecule has 122 valence electrons. The van der Waals surface area contributed by atoms with Crippen LogP contribution in [-0.4, -0.2) is 52.6 Å². The van der Waals surface area contributed by atoms with E-state index in [4.69, 9.17) is 18.9 Å². The molecular weight excluding hydrogens is 308 g/mol. The summed E-state index contributed by atoms with van der Waals surface area (Å²) < 4.78 is 24.6. The fourth-order valence-corrected chi connectivity index (χ4v) is 6.04. The summed E-state index contributed by atoms with van der Waals surface area (Å²) >= 11 is 4.10. The number of rotatable bonds is 3. The van der Waals surface area contributed by atoms with E-state index in [1.807, 2.05) is 51.2 Å². The van der Waals surface area contributed by atoms with E-state index in [1.54, 1.807) is 0 Å². The van der Waals surface area contributed by atoms with Crippen LogP contribution in [0.5, 0.6) is 0 Å². The molecule has 0 bridgehead atoms. The maximum atomic E-state index is 6.16. The van der Waals surface area contributed by atoms with E-state index in [-0.39, 0.29) is 18.3 Å². The molecule has 3 saturated heterocycles. The van der Waals surface area contributed by atoms with Gasteiger partial charge >= 0.3 is 0 Å². The van der Waals surface area contributed by atoms with Gasteiger partial charge in [0.2, 0.25) is 0 Å². The first kappa shape index (κ1) is 16.4. The van der Waals surface area contributed by atoms with Crippen molar-refractivity contribution in [3.8, 4) is 0 Å². The van der Waals surface area contributed by atoms with Crippen molar-refractivity contribution in [1.29, 1.82) is 0 Å². The molecule has 3 aliphatic rings. The Morgan fingerprint density at radius 1 is 0.952 bits per heavy atom. The van der Waals surface area contributed by atoms with E-state index in [1.165, 1.54) is 17.9 Å². The Morgan fingerprint density at radius 3 is 2.29 bits per heavy atom. The molecule has 0 aromatic carbocycles. The molecule has 21 heavy (non-hydrogen) atoms. The molecule has 3 atom stereocenters. The highest BCUT2D eigenvalue weighted by Gasteiger charge is 2.50. The second-order valence-electron chi connectivity index (χ2n) is 6.77. The summed E-state index contributed by atoms with van der Waals surface area (Å²) in [5.74, 6) is 1.47. The molecule has 0 amide bonds. The van der Waals surface area contributed by atoms with E-state index >= 15 is 0 Å². The molecule has 0 aliphatic carbocycles. The van der Waals surface area contributed by atoms with E-state index < -0.39 is 11.6 Å². The molecule has 3 aliphatic heterocycles. The second-order valence-corrected chi connectivity index (χ2v) is 9.69. The maximum absolute atomic E-state index is 6.16. The Morgan fingerprint density at radius 2 is 1.67 bits per heavy atom. The summed E-state index contributed by atoms with van der Waals surface area (Å²) in [4.78, 5) is 0. The van der Waals surface area contributed by atoms with Gasteiger partial charge in [0.15, 0.2) is 11.6 Å². The normalized spacial score (nSPS) is 39.7. The van der Waals surface area contributed by atoms with Crippen LogP contribution in [0.25, 0.3) is 0 Å². The van der Waals surface area contributed by atoms with Gasteiger partial charge in [-0.1, -0.05) is 0 Å². The molecule has 3 rings (SSSR count). The van der Waals surface area contributed by atoms with Crippen LogP contribution in [0.1, 0.15) is 40.5 Å². The highest BCUT2D eigenvalue weighted by Crippen LogP contribution is 2.41. The molecule has 0 N–H and O–H groups in total. The third-order valence-corrected chi connectivity index (χ3v) is 6.93. The first-order chi connectivity index (χ1) is 9.85. The molecule has 0 radical (unpaired) electrons. The summed E-state index contributed by atoms with van der Waals surface area (Å²) in [5.41, 5.74) is 0. The Labute approximate surface area is 136 Å². The first-order valence-electron chi connectivity index (χ1n) is 7.75. The van der Waals surface area contributed by atoms with Crippen LogP contribution in [0.4, 0.5) is 0 Å². The highest BCUT2D eigenvalue weighted by atomic mass is 32.2. The van der Waals surface area contributed by atoms with Gasteiger partial charge in [-0.05, 0) is 52.0 Å². The zero-order chi connectivity index (χ0) is 15.1. The van der Waals surface area contributed by atoms with Gasteiger partial charge in [-0.25, -0.2) is 0 Å². The van der Waals surface area contributed by atoms with Gasteiger partial charge < -0.3 is 18.9 Å². The predicted molar refractivity (Wildman–Crippen MR) is 86.7 cm³/mol. The number of thioether (sulfide) groups is 2. The van der Waals surface area contributed by atoms with Gasteiger partial charge in [0, 0.05) is 0 Å². The topological polar surface area (TPSA) is 36.9 Å². The van der Waals surface area contributed by atoms with Gasteiger partial charge in [-0.3, -0.25) is 0 Å². The molecule has 0 aromatic heterocycles. The zero-order valence-corrected chi connectivity index (χ0v) is 14.9. The molecule has 4 nitrogen and oxygen atoms in total. The van der Waals surface area contributed by atoms with Crippen LogP contribution in [0.15, 0.2) is 0 Å². The monoisotopic (exact) mass is 334 g/mol. The molecule has 3 fully saturated rings. The minimum Gasteiger partial charge on any atom is -0.348 e. The van der Waals surface area contributed by atoms with Gasteiger partial charge in [0.25, 0.3) is 0 Å². The van der Waals surface area contributed by atoms with E-state index in [9.17, 15) is 0 Å². The van der Waals surface area contributed by atoms with Crippen molar-refractivity contribution in [2.75, 3.05) is 18.1 Å². The second kappa shape index (κ2) is 6.21. The minimum absolute atomic E-state index is 0.0367. The number of ether oxygens (including phenoxy) is 4. The fourth-order valence-electron chi connectivity index (χ4n) is 3.10. The molecule has 0 spiro atoms. The Kier molecular flexibility index (Phi) is 4.85. The lowest BCUT2D eigenvalue weighted by Crippen LogP contribution is -2.39. The fraction of sp³-hybridized carbons (Fsp3) is 1.00. The van der Waals surface area contributed by atoms with Crippen molar-refractivity contribution >= 4 is 23.5 Å². The lowest BCUT2D eigenvalue weighted by atomic mass is 10.1. The smallest absolute Gasteiger partial charge is 0.163 e. The highest BCUT2D eigenvalue weighted by molar-refractivity contribution is 8.17. The quantitative estimate of drug-likeness (QED) is 0.789. The minimum atomic E-state index is -0.532. The first-order valence-corrected chi connectivity index (χ1v) is 9.85. The van der Waals surface area contributed by atoms with Crippen LogP contribution in [0.2, 0.25) is 0 Å². The Hall–Kier alpha value is 0.540. The summed E-state index contributed by atoms with van der Waals surface area (Å²) in [6.07, 6.45) is 2.35. The lowest BCUT2D eigenvalue weighted by molar-refractivity contribution is -0.174. The largest absolute Gasteiger partial charge is 0.348 e. The third kappa shape index (κ3) is 4.09. The van der Waals surface area contributed by atoms with Crippen LogP contribution in [0, 0.1) is 0 Å². The van der Waals surface area contributed by atoms with Gasteiger partial charge in [0.05, 0.1) is 17.3 Å². The standard InChI is InChI=1S/C15H26O4S2/c1-14(2)16-9-11(18-14)13-10(17-15(3,4)19-13)8-12-20-6-5-7-21-12/h10-13H,5-9H2,1-4H3/t10-,11+,13+/m1/s1. The molecule has 6 heteroatoms. The summed E-state index contributed by atoms with van der Waals surface area (Å²) in [7, 11) is 0. The van der Waals surface area contributed by atoms with Crippen LogP contribution < -0.4 is 0 Å². The van der Waals surface area contributed by atoms with Crippen LogP contribution in [0.3, 0.4) is 0 Å². The van der Waals surface area contributed by atoms with E-state index in [2.05, 4.69) is 0 Å². The Bertz CT molecular complexity index is 369. The van der Waals surface area contributed by atoms with Crippen molar-refractivity contribution in [1.82, 2.24) is 0 Å². The van der Waals surface area contributed by atoms with E-state index in [0.717, 1.165) is 6.42 Å². The SMILES string of the molecule is CC1(C)OC[C@@H]([C@H]2OC(C)(C)O[C@@H]2CC2SCCCS2)O1. The number of hydrogen-bond acceptors (Lipinski definition) is 6. The zero-order valence-electron chi connectivity index (χ0n) is 13.3. The van der Waals surface area contributed by atoms with Crippen molar-refractivity contribution in [3.05, 3.63) is 0 Å². The van der Waals surface area contributed by atoms with Crippen molar-refractivity contribution in [2.24, 2.45) is 0 Å². The van der Waals surface area contributed by atoms with E-state index in [0.29, 0.717) is 11.2 Å². The maximum Gasteiger partial charge on any atom is 0.163 e. The summed E-state index contributed by atoms with van der Waals surface area (Å²) in [5, 5.41) is 0. The van der Waals surface area contributed by atoms with Crippen LogP contribution in [-0.2, 0) is 18.9 Å². The van der Waals surface area contributed by atoms with Gasteiger partial charge in [0.1, 0.15) is 12.2 Å². The molecular formula is C15H26O4S2. The van der Waals surface area contributed by atoms with Crippen LogP contribution >= 0.6 is 23.5 Å². The summed E-state index contributed by atoms with van der Waals surface area (Å²) in [6, 6.07) is 0. The molecule has 0 unspecified atom stereocenters. The molecule has 0 saturated carbocycles. The summed E-state index contributed by atoms with van der Waals surface area (Å²) in [6.45, 7) is 8.47. The molecule has 3 heterocycles. The average molecular weight is 335 g/mol.